The summed E-state index contributed by atoms with van der Waals surface area (Å²) in [6.45, 7) is 2.01. The number of hydrogen-bond donors (Lipinski definition) is 1. The second kappa shape index (κ2) is 7.41. The van der Waals surface area contributed by atoms with Crippen molar-refractivity contribution < 1.29 is 18.0 Å². The van der Waals surface area contributed by atoms with Crippen LogP contribution in [0.5, 0.6) is 0 Å². The molecule has 0 saturated carbocycles. The van der Waals surface area contributed by atoms with Crippen LogP contribution in [0.25, 0.3) is 11.1 Å². The molecular formula is C19H18F3N5O. The summed E-state index contributed by atoms with van der Waals surface area (Å²) in [5.41, 5.74) is 5.48. The maximum atomic E-state index is 12.9. The number of carbonyl (C=O) groups excluding carboxylic acids is 1. The highest BCUT2D eigenvalue weighted by Gasteiger charge is 2.33. The van der Waals surface area contributed by atoms with E-state index in [1.165, 1.54) is 6.07 Å². The second-order valence-corrected chi connectivity index (χ2v) is 6.54. The molecule has 0 radical (unpaired) electrons. The van der Waals surface area contributed by atoms with Gasteiger partial charge in [-0.15, -0.1) is 10.2 Å². The van der Waals surface area contributed by atoms with Gasteiger partial charge in [0.15, 0.2) is 0 Å². The zero-order valence-electron chi connectivity index (χ0n) is 15.2. The zero-order chi connectivity index (χ0) is 20.5. The number of aryl methyl sites for hydroxylation is 1. The molecule has 0 aliphatic carbocycles. The molecule has 0 aliphatic heterocycles. The Morgan fingerprint density at radius 3 is 2.61 bits per heavy atom. The van der Waals surface area contributed by atoms with Crippen LogP contribution < -0.4 is 5.73 Å². The van der Waals surface area contributed by atoms with Gasteiger partial charge in [-0.3, -0.25) is 4.79 Å². The number of alkyl halides is 3. The number of halogens is 3. The highest BCUT2D eigenvalue weighted by molar-refractivity contribution is 5.98. The Hall–Kier alpha value is -3.23. The first-order chi connectivity index (χ1) is 13.2. The molecule has 9 heteroatoms. The predicted octanol–water partition coefficient (Wildman–Crippen LogP) is 3.34. The van der Waals surface area contributed by atoms with Crippen molar-refractivity contribution in [3.63, 3.8) is 0 Å². The van der Waals surface area contributed by atoms with E-state index in [1.54, 1.807) is 18.5 Å². The first kappa shape index (κ1) is 19.5. The molecule has 0 fully saturated rings. The van der Waals surface area contributed by atoms with Crippen LogP contribution in [0.15, 0.2) is 42.7 Å². The fourth-order valence-electron chi connectivity index (χ4n) is 2.93. The van der Waals surface area contributed by atoms with Crippen molar-refractivity contribution in [1.82, 2.24) is 19.7 Å². The van der Waals surface area contributed by atoms with Crippen molar-refractivity contribution in [3.8, 4) is 11.1 Å². The Morgan fingerprint density at radius 1 is 1.25 bits per heavy atom. The minimum Gasteiger partial charge on any atom is -0.364 e. The highest BCUT2D eigenvalue weighted by Crippen LogP contribution is 2.32. The van der Waals surface area contributed by atoms with Crippen LogP contribution in [0, 0.1) is 0 Å². The maximum Gasteiger partial charge on any atom is 0.433 e. The number of nitrogens with zero attached hydrogens (tertiary/aromatic N) is 4. The first-order valence-electron chi connectivity index (χ1n) is 8.48. The molecular weight excluding hydrogens is 371 g/mol. The van der Waals surface area contributed by atoms with E-state index in [-0.39, 0.29) is 11.5 Å². The Morgan fingerprint density at radius 2 is 2.00 bits per heavy atom. The van der Waals surface area contributed by atoms with Gasteiger partial charge in [-0.05, 0) is 29.2 Å². The fraction of sp³-hybridized carbons (Fsp3) is 0.263. The average molecular weight is 389 g/mol. The topological polar surface area (TPSA) is 86.7 Å². The number of hydrogen-bond acceptors (Lipinski definition) is 4. The van der Waals surface area contributed by atoms with E-state index in [9.17, 15) is 18.0 Å². The quantitative estimate of drug-likeness (QED) is 0.725. The van der Waals surface area contributed by atoms with Gasteiger partial charge in [0.05, 0.1) is 0 Å². The summed E-state index contributed by atoms with van der Waals surface area (Å²) in [5.74, 6) is -0.132. The van der Waals surface area contributed by atoms with E-state index < -0.39 is 23.5 Å². The normalized spacial score (nSPS) is 12.8. The Balaban J connectivity index is 1.97. The lowest BCUT2D eigenvalue weighted by molar-refractivity contribution is -0.141. The molecule has 0 bridgehead atoms. The van der Waals surface area contributed by atoms with Crippen LogP contribution in [0.2, 0.25) is 0 Å². The van der Waals surface area contributed by atoms with Gasteiger partial charge in [-0.25, -0.2) is 4.98 Å². The number of rotatable bonds is 5. The largest absolute Gasteiger partial charge is 0.433 e. The van der Waals surface area contributed by atoms with Crippen LogP contribution in [0.4, 0.5) is 13.2 Å². The maximum absolute atomic E-state index is 12.9. The van der Waals surface area contributed by atoms with Crippen molar-refractivity contribution in [2.24, 2.45) is 12.8 Å². The average Bonchev–Trinajstić information content (AvgIpc) is 3.05. The first-order valence-corrected chi connectivity index (χ1v) is 8.48. The van der Waals surface area contributed by atoms with Gasteiger partial charge in [-0.2, -0.15) is 13.2 Å². The molecule has 0 saturated heterocycles. The summed E-state index contributed by atoms with van der Waals surface area (Å²) < 4.78 is 40.6. The summed E-state index contributed by atoms with van der Waals surface area (Å²) in [5, 5.41) is 7.92. The molecule has 1 aromatic carbocycles. The summed E-state index contributed by atoms with van der Waals surface area (Å²) in [7, 11) is 1.85. The molecule has 6 nitrogen and oxygen atoms in total. The van der Waals surface area contributed by atoms with Gasteiger partial charge in [0.2, 0.25) is 0 Å². The Bertz CT molecular complexity index is 1010. The number of amides is 1. The van der Waals surface area contributed by atoms with Crippen LogP contribution in [-0.4, -0.2) is 25.7 Å². The summed E-state index contributed by atoms with van der Waals surface area (Å²) in [6.07, 6.45) is -2.41. The second-order valence-electron chi connectivity index (χ2n) is 6.54. The Labute approximate surface area is 159 Å². The molecule has 1 atom stereocenters. The summed E-state index contributed by atoms with van der Waals surface area (Å²) in [4.78, 5) is 15.2. The Kier molecular flexibility index (Phi) is 5.17. The minimum absolute atomic E-state index is 0.0716. The smallest absolute Gasteiger partial charge is 0.364 e. The molecule has 28 heavy (non-hydrogen) atoms. The number of aromatic nitrogens is 4. The molecule has 3 aromatic rings. The third-order valence-corrected chi connectivity index (χ3v) is 4.48. The molecule has 0 unspecified atom stereocenters. The third kappa shape index (κ3) is 4.03. The highest BCUT2D eigenvalue weighted by atomic mass is 19.4. The van der Waals surface area contributed by atoms with Gasteiger partial charge < -0.3 is 10.3 Å². The van der Waals surface area contributed by atoms with Gasteiger partial charge in [0, 0.05) is 19.0 Å². The molecule has 146 valence electrons. The predicted molar refractivity (Wildman–Crippen MR) is 96.3 cm³/mol. The van der Waals surface area contributed by atoms with E-state index in [0.29, 0.717) is 12.0 Å². The van der Waals surface area contributed by atoms with Crippen LogP contribution in [0.3, 0.4) is 0 Å². The molecule has 2 aromatic heterocycles. The van der Waals surface area contributed by atoms with E-state index >= 15 is 0 Å². The van der Waals surface area contributed by atoms with E-state index in [0.717, 1.165) is 17.5 Å². The van der Waals surface area contributed by atoms with Crippen LogP contribution >= 0.6 is 0 Å². The van der Waals surface area contributed by atoms with Crippen LogP contribution in [-0.2, 0) is 19.6 Å². The van der Waals surface area contributed by atoms with Crippen molar-refractivity contribution in [3.05, 3.63) is 65.5 Å². The lowest BCUT2D eigenvalue weighted by atomic mass is 9.93. The van der Waals surface area contributed by atoms with Gasteiger partial charge in [-0.1, -0.05) is 31.2 Å². The van der Waals surface area contributed by atoms with Crippen molar-refractivity contribution >= 4 is 5.91 Å². The van der Waals surface area contributed by atoms with E-state index in [2.05, 4.69) is 15.2 Å². The summed E-state index contributed by atoms with van der Waals surface area (Å²) in [6, 6.07) is 9.28. The molecule has 1 amide bonds. The monoisotopic (exact) mass is 389 g/mol. The van der Waals surface area contributed by atoms with Gasteiger partial charge in [0.25, 0.3) is 5.91 Å². The van der Waals surface area contributed by atoms with Crippen molar-refractivity contribution in [1.29, 1.82) is 0 Å². The number of benzene rings is 1. The molecule has 3 rings (SSSR count). The number of pyridine rings is 1. The molecule has 2 heterocycles. The zero-order valence-corrected chi connectivity index (χ0v) is 15.2. The number of primary amides is 1. The number of carbonyl (C=O) groups is 1. The van der Waals surface area contributed by atoms with Gasteiger partial charge >= 0.3 is 6.18 Å². The molecule has 2 N–H and O–H groups in total. The third-order valence-electron chi connectivity index (χ3n) is 4.48. The molecule has 0 aliphatic rings. The number of nitrogens with two attached hydrogens (primary N) is 1. The van der Waals surface area contributed by atoms with E-state index in [1.807, 2.05) is 30.7 Å². The summed E-state index contributed by atoms with van der Waals surface area (Å²) >= 11 is 0. The lowest BCUT2D eigenvalue weighted by Crippen LogP contribution is -2.18. The van der Waals surface area contributed by atoms with Crippen molar-refractivity contribution in [2.75, 3.05) is 0 Å². The van der Waals surface area contributed by atoms with Crippen LogP contribution in [0.1, 0.15) is 40.4 Å². The van der Waals surface area contributed by atoms with Gasteiger partial charge in [0.1, 0.15) is 23.5 Å². The minimum atomic E-state index is -4.66. The molecule has 0 spiro atoms. The SMILES string of the molecule is C[C@H](Cc1nncn1C)c1cccc(-c2ccc(C(F)(F)F)nc2C(N)=O)c1. The standard InChI is InChI=1S/C19H18F3N5O/c1-11(8-16-26-24-10-27(16)2)12-4-3-5-13(9-12)14-6-7-15(19(20,21)22)25-17(14)18(23)28/h3-7,9-11H,8H2,1-2H3,(H2,23,28)/t11-/m1/s1. The lowest BCUT2D eigenvalue weighted by Gasteiger charge is -2.15. The van der Waals surface area contributed by atoms with Crippen molar-refractivity contribution in [2.45, 2.75) is 25.4 Å². The fourth-order valence-corrected chi connectivity index (χ4v) is 2.93. The van der Waals surface area contributed by atoms with E-state index in [4.69, 9.17) is 5.73 Å².